The molecule has 0 atom stereocenters. The number of hydrogen-bond acceptors (Lipinski definition) is 5. The van der Waals surface area contributed by atoms with Crippen molar-refractivity contribution in [3.8, 4) is 16.9 Å². The van der Waals surface area contributed by atoms with E-state index in [2.05, 4.69) is 4.98 Å². The SMILES string of the molecule is CCOC(=O)c1c(C)n(C)c2cc(-c3cccnc3)c(O)c(CN(C)C)c12.Cl.Cl. The second-order valence-corrected chi connectivity index (χ2v) is 6.86. The molecule has 0 fully saturated rings. The first-order chi connectivity index (χ1) is 12.9. The van der Waals surface area contributed by atoms with Crippen LogP contribution in [-0.2, 0) is 18.3 Å². The molecule has 158 valence electrons. The lowest BCUT2D eigenvalue weighted by Gasteiger charge is -2.17. The van der Waals surface area contributed by atoms with Gasteiger partial charge in [0.05, 0.1) is 17.7 Å². The molecule has 6 nitrogen and oxygen atoms in total. The van der Waals surface area contributed by atoms with E-state index in [1.165, 1.54) is 0 Å². The Hall–Kier alpha value is -2.28. The summed E-state index contributed by atoms with van der Waals surface area (Å²) in [5.74, 6) is -0.200. The quantitative estimate of drug-likeness (QED) is 0.598. The molecule has 1 N–H and O–H groups in total. The third kappa shape index (κ3) is 4.50. The van der Waals surface area contributed by atoms with E-state index in [4.69, 9.17) is 4.74 Å². The number of carbonyl (C=O) groups excluding carboxylic acids is 1. The van der Waals surface area contributed by atoms with Crippen molar-refractivity contribution >= 4 is 41.7 Å². The molecule has 1 aromatic carbocycles. The van der Waals surface area contributed by atoms with E-state index in [9.17, 15) is 9.90 Å². The third-order valence-corrected chi connectivity index (χ3v) is 4.78. The number of aromatic nitrogens is 2. The van der Waals surface area contributed by atoms with E-state index in [0.717, 1.165) is 22.2 Å². The Kier molecular flexibility index (Phi) is 8.50. The normalized spacial score (nSPS) is 10.6. The van der Waals surface area contributed by atoms with E-state index < -0.39 is 0 Å². The van der Waals surface area contributed by atoms with Crippen molar-refractivity contribution in [2.24, 2.45) is 7.05 Å². The zero-order valence-corrected chi connectivity index (χ0v) is 18.9. The average molecular weight is 440 g/mol. The molecule has 0 amide bonds. The zero-order chi connectivity index (χ0) is 19.7. The number of aromatic hydroxyl groups is 1. The summed E-state index contributed by atoms with van der Waals surface area (Å²) >= 11 is 0. The van der Waals surface area contributed by atoms with Gasteiger partial charge in [-0.25, -0.2) is 4.79 Å². The molecule has 2 aromatic heterocycles. The summed E-state index contributed by atoms with van der Waals surface area (Å²) in [4.78, 5) is 18.8. The fraction of sp³-hybridized carbons (Fsp3) is 0.333. The van der Waals surface area contributed by atoms with Crippen molar-refractivity contribution in [3.05, 3.63) is 47.4 Å². The first-order valence-electron chi connectivity index (χ1n) is 8.92. The molecule has 0 aliphatic rings. The number of aryl methyl sites for hydroxylation is 1. The smallest absolute Gasteiger partial charge is 0.340 e. The minimum absolute atomic E-state index is 0. The van der Waals surface area contributed by atoms with Crippen LogP contribution in [0.2, 0.25) is 0 Å². The highest BCUT2D eigenvalue weighted by molar-refractivity contribution is 6.09. The number of pyridine rings is 1. The van der Waals surface area contributed by atoms with E-state index in [1.807, 2.05) is 55.7 Å². The van der Waals surface area contributed by atoms with Crippen LogP contribution >= 0.6 is 24.8 Å². The van der Waals surface area contributed by atoms with Crippen LogP contribution in [0.15, 0.2) is 30.6 Å². The largest absolute Gasteiger partial charge is 0.507 e. The Labute approximate surface area is 183 Å². The van der Waals surface area contributed by atoms with Crippen LogP contribution in [-0.4, -0.2) is 46.2 Å². The van der Waals surface area contributed by atoms with Crippen LogP contribution in [0.1, 0.15) is 28.5 Å². The molecule has 3 aromatic rings. The second-order valence-electron chi connectivity index (χ2n) is 6.86. The van der Waals surface area contributed by atoms with E-state index in [-0.39, 0.29) is 36.5 Å². The van der Waals surface area contributed by atoms with Crippen molar-refractivity contribution in [3.63, 3.8) is 0 Å². The average Bonchev–Trinajstić information content (AvgIpc) is 2.89. The first-order valence-corrected chi connectivity index (χ1v) is 8.92. The summed E-state index contributed by atoms with van der Waals surface area (Å²) in [7, 11) is 5.79. The lowest BCUT2D eigenvalue weighted by Crippen LogP contribution is -2.13. The minimum atomic E-state index is -0.367. The van der Waals surface area contributed by atoms with Gasteiger partial charge in [0, 0.05) is 53.8 Å². The molecule has 0 saturated heterocycles. The molecule has 0 bridgehead atoms. The lowest BCUT2D eigenvalue weighted by molar-refractivity contribution is 0.0527. The molecule has 0 radical (unpaired) electrons. The topological polar surface area (TPSA) is 67.6 Å². The van der Waals surface area contributed by atoms with Gasteiger partial charge in [-0.05, 0) is 40.1 Å². The molecule has 0 unspecified atom stereocenters. The summed E-state index contributed by atoms with van der Waals surface area (Å²) in [5, 5.41) is 11.9. The Balaban J connectivity index is 0.00000210. The molecule has 8 heteroatoms. The van der Waals surface area contributed by atoms with Crippen molar-refractivity contribution in [1.82, 2.24) is 14.5 Å². The molecule has 2 heterocycles. The van der Waals surface area contributed by atoms with E-state index in [1.54, 1.807) is 19.3 Å². The van der Waals surface area contributed by atoms with Crippen molar-refractivity contribution < 1.29 is 14.6 Å². The Morgan fingerprint density at radius 2 is 2.00 bits per heavy atom. The minimum Gasteiger partial charge on any atom is -0.507 e. The molecular weight excluding hydrogens is 413 g/mol. The fourth-order valence-electron chi connectivity index (χ4n) is 3.45. The van der Waals surface area contributed by atoms with Crippen molar-refractivity contribution in [1.29, 1.82) is 0 Å². The standard InChI is InChI=1S/C21H25N3O3.2ClH/c1-6-27-21(26)18-13(2)24(5)17-10-15(14-8-7-9-22-11-14)20(25)16(19(17)18)12-23(3)4;;/h7-11,25H,6,12H2,1-5H3;2*1H. The van der Waals surface area contributed by atoms with Gasteiger partial charge in [0.1, 0.15) is 5.75 Å². The van der Waals surface area contributed by atoms with Gasteiger partial charge in [0.25, 0.3) is 0 Å². The molecular formula is C21H27Cl2N3O3. The van der Waals surface area contributed by atoms with Crippen LogP contribution in [0, 0.1) is 6.92 Å². The number of halogens is 2. The van der Waals surface area contributed by atoms with Crippen LogP contribution < -0.4 is 0 Å². The Morgan fingerprint density at radius 3 is 2.55 bits per heavy atom. The lowest BCUT2D eigenvalue weighted by atomic mass is 9.96. The number of phenols is 1. The molecule has 0 saturated carbocycles. The number of esters is 1. The maximum Gasteiger partial charge on any atom is 0.340 e. The zero-order valence-electron chi connectivity index (χ0n) is 17.2. The highest BCUT2D eigenvalue weighted by Crippen LogP contribution is 2.41. The summed E-state index contributed by atoms with van der Waals surface area (Å²) < 4.78 is 7.26. The van der Waals surface area contributed by atoms with E-state index in [0.29, 0.717) is 29.8 Å². The van der Waals surface area contributed by atoms with Crippen molar-refractivity contribution in [2.75, 3.05) is 20.7 Å². The van der Waals surface area contributed by atoms with Crippen LogP contribution in [0.3, 0.4) is 0 Å². The van der Waals surface area contributed by atoms with Crippen LogP contribution in [0.5, 0.6) is 5.75 Å². The third-order valence-electron chi connectivity index (χ3n) is 4.78. The van der Waals surface area contributed by atoms with Gasteiger partial charge in [-0.15, -0.1) is 24.8 Å². The summed E-state index contributed by atoms with van der Waals surface area (Å²) in [6.45, 7) is 4.48. The van der Waals surface area contributed by atoms with Gasteiger partial charge in [0.2, 0.25) is 0 Å². The van der Waals surface area contributed by atoms with Gasteiger partial charge in [-0.3, -0.25) is 4.98 Å². The number of ether oxygens (including phenoxy) is 1. The van der Waals surface area contributed by atoms with Gasteiger partial charge in [-0.1, -0.05) is 6.07 Å². The number of phenolic OH excluding ortho intramolecular Hbond substituents is 1. The van der Waals surface area contributed by atoms with Gasteiger partial charge >= 0.3 is 5.97 Å². The monoisotopic (exact) mass is 439 g/mol. The fourth-order valence-corrected chi connectivity index (χ4v) is 3.45. The summed E-state index contributed by atoms with van der Waals surface area (Å²) in [6.07, 6.45) is 3.42. The first kappa shape index (κ1) is 24.8. The second kappa shape index (κ2) is 9.96. The maximum absolute atomic E-state index is 12.7. The molecule has 0 aliphatic heterocycles. The number of nitrogens with zero attached hydrogens (tertiary/aromatic N) is 3. The van der Waals surface area contributed by atoms with E-state index >= 15 is 0 Å². The molecule has 0 spiro atoms. The van der Waals surface area contributed by atoms with Crippen LogP contribution in [0.4, 0.5) is 0 Å². The highest BCUT2D eigenvalue weighted by atomic mass is 35.5. The predicted octanol–water partition coefficient (Wildman–Crippen LogP) is 4.34. The molecule has 3 rings (SSSR count). The van der Waals surface area contributed by atoms with Crippen LogP contribution in [0.25, 0.3) is 22.0 Å². The number of benzene rings is 1. The number of fused-ring (bicyclic) bond motifs is 1. The highest BCUT2D eigenvalue weighted by Gasteiger charge is 2.26. The maximum atomic E-state index is 12.7. The van der Waals surface area contributed by atoms with Gasteiger partial charge in [0.15, 0.2) is 0 Å². The number of rotatable bonds is 5. The number of carbonyl (C=O) groups is 1. The summed E-state index contributed by atoms with van der Waals surface area (Å²) in [6, 6.07) is 5.66. The molecule has 0 aliphatic carbocycles. The van der Waals surface area contributed by atoms with Gasteiger partial charge in [-0.2, -0.15) is 0 Å². The predicted molar refractivity (Wildman–Crippen MR) is 120 cm³/mol. The Bertz CT molecular complexity index is 1000. The number of hydrogen-bond donors (Lipinski definition) is 1. The summed E-state index contributed by atoms with van der Waals surface area (Å²) in [5.41, 5.74) is 4.44. The van der Waals surface area contributed by atoms with Gasteiger partial charge < -0.3 is 19.3 Å². The Morgan fingerprint density at radius 1 is 1.31 bits per heavy atom. The molecule has 29 heavy (non-hydrogen) atoms. The van der Waals surface area contributed by atoms with Crippen molar-refractivity contribution in [2.45, 2.75) is 20.4 Å².